The largest absolute Gasteiger partial charge is 0.480 e. The number of benzene rings is 3. The molecule has 236 valence electrons. The molecule has 0 spiro atoms. The van der Waals surface area contributed by atoms with E-state index in [1.807, 2.05) is 74.5 Å². The van der Waals surface area contributed by atoms with Crippen molar-refractivity contribution in [3.63, 3.8) is 0 Å². The Labute approximate surface area is 256 Å². The topological polar surface area (TPSA) is 103 Å². The van der Waals surface area contributed by atoms with Crippen LogP contribution in [-0.2, 0) is 43.6 Å². The van der Waals surface area contributed by atoms with Crippen LogP contribution in [0.4, 0.5) is 13.6 Å². The molecule has 0 saturated carbocycles. The monoisotopic (exact) mass is 611 g/mol. The van der Waals surface area contributed by atoms with Crippen molar-refractivity contribution >= 4 is 12.1 Å². The summed E-state index contributed by atoms with van der Waals surface area (Å²) < 4.78 is 56.0. The van der Waals surface area contributed by atoms with Crippen molar-refractivity contribution in [1.29, 1.82) is 0 Å². The van der Waals surface area contributed by atoms with E-state index in [1.165, 1.54) is 0 Å². The van der Waals surface area contributed by atoms with Crippen LogP contribution in [0.25, 0.3) is 0 Å². The number of amides is 1. The van der Waals surface area contributed by atoms with Crippen molar-refractivity contribution < 1.29 is 42.4 Å². The van der Waals surface area contributed by atoms with Gasteiger partial charge in [0.25, 0.3) is 5.92 Å². The highest BCUT2D eigenvalue weighted by molar-refractivity contribution is 5.80. The number of halogens is 2. The summed E-state index contributed by atoms with van der Waals surface area (Å²) in [7, 11) is 0. The fourth-order valence-electron chi connectivity index (χ4n) is 5.34. The first-order valence-electron chi connectivity index (χ1n) is 14.7. The summed E-state index contributed by atoms with van der Waals surface area (Å²) in [5.41, 5.74) is 2.30. The van der Waals surface area contributed by atoms with Crippen molar-refractivity contribution in [3.05, 3.63) is 108 Å². The van der Waals surface area contributed by atoms with Gasteiger partial charge in [-0.1, -0.05) is 105 Å². The zero-order valence-electron chi connectivity index (χ0n) is 24.8. The second kappa shape index (κ2) is 15.7. The molecule has 0 aliphatic carbocycles. The molecule has 1 heterocycles. The number of alkyl halides is 2. The highest BCUT2D eigenvalue weighted by Gasteiger charge is 2.56. The average Bonchev–Trinajstić information content (AvgIpc) is 3.03. The van der Waals surface area contributed by atoms with Crippen LogP contribution in [-0.4, -0.2) is 53.5 Å². The van der Waals surface area contributed by atoms with Crippen LogP contribution in [0, 0.1) is 5.92 Å². The van der Waals surface area contributed by atoms with Gasteiger partial charge in [0.2, 0.25) is 0 Å². The fraction of sp³-hybridized carbons (Fsp3) is 0.412. The van der Waals surface area contributed by atoms with E-state index >= 15 is 8.78 Å². The third-order valence-electron chi connectivity index (χ3n) is 7.72. The molecule has 2 N–H and O–H groups in total. The summed E-state index contributed by atoms with van der Waals surface area (Å²) in [4.78, 5) is 24.5. The van der Waals surface area contributed by atoms with Gasteiger partial charge in [0.15, 0.2) is 0 Å². The van der Waals surface area contributed by atoms with E-state index in [0.29, 0.717) is 12.0 Å². The zero-order chi connectivity index (χ0) is 31.5. The van der Waals surface area contributed by atoms with Gasteiger partial charge in [-0.2, -0.15) is 0 Å². The Morgan fingerprint density at radius 3 is 1.80 bits per heavy atom. The summed E-state index contributed by atoms with van der Waals surface area (Å²) in [5, 5.41) is 11.9. The second-order valence-corrected chi connectivity index (χ2v) is 10.9. The molecule has 1 fully saturated rings. The predicted octanol–water partition coefficient (Wildman–Crippen LogP) is 6.38. The van der Waals surface area contributed by atoms with Gasteiger partial charge in [-0.05, 0) is 23.1 Å². The molecule has 10 heteroatoms. The lowest BCUT2D eigenvalue weighted by Crippen LogP contribution is -2.62. The highest BCUT2D eigenvalue weighted by atomic mass is 19.3. The normalized spacial score (nSPS) is 22.6. The lowest BCUT2D eigenvalue weighted by molar-refractivity contribution is -0.285. The molecule has 3 aromatic carbocycles. The number of rotatable bonds is 14. The van der Waals surface area contributed by atoms with Gasteiger partial charge >= 0.3 is 12.1 Å². The Balaban J connectivity index is 1.54. The standard InChI is InChI=1S/C34H39F2NO7/c1-3-28-23(2)29(41-20-24-13-7-4-8-14-24)30(42-21-25-15-9-5-10-16-25)31(44-28)34(35,36)19-27(32(38)39)37-33(40)43-22-26-17-11-6-12-18-26/h4-18,23,27-31H,3,19-22H2,1-2H3,(H,37,40)(H,38,39)/t23-,27-,28+,29-,30+,31+/m0/s1. The minimum Gasteiger partial charge on any atom is -0.480 e. The zero-order valence-corrected chi connectivity index (χ0v) is 24.8. The summed E-state index contributed by atoms with van der Waals surface area (Å²) in [6, 6.07) is 25.3. The maximum Gasteiger partial charge on any atom is 0.408 e. The number of hydrogen-bond acceptors (Lipinski definition) is 6. The van der Waals surface area contributed by atoms with E-state index in [9.17, 15) is 14.7 Å². The molecule has 0 unspecified atom stereocenters. The third kappa shape index (κ3) is 9.07. The number of ether oxygens (including phenoxy) is 4. The van der Waals surface area contributed by atoms with E-state index in [-0.39, 0.29) is 25.7 Å². The van der Waals surface area contributed by atoms with Gasteiger partial charge < -0.3 is 29.4 Å². The molecule has 1 aliphatic rings. The number of carbonyl (C=O) groups excluding carboxylic acids is 1. The van der Waals surface area contributed by atoms with Gasteiger partial charge in [-0.15, -0.1) is 0 Å². The predicted molar refractivity (Wildman–Crippen MR) is 159 cm³/mol. The number of alkyl carbamates (subject to hydrolysis) is 1. The number of carboxylic acids is 1. The number of nitrogens with one attached hydrogen (secondary N) is 1. The van der Waals surface area contributed by atoms with Crippen LogP contribution in [0.5, 0.6) is 0 Å². The van der Waals surface area contributed by atoms with E-state index in [2.05, 4.69) is 5.32 Å². The molecule has 0 bridgehead atoms. The quantitative estimate of drug-likeness (QED) is 0.218. The van der Waals surface area contributed by atoms with Crippen molar-refractivity contribution in [2.24, 2.45) is 5.92 Å². The van der Waals surface area contributed by atoms with Crippen LogP contribution in [0.1, 0.15) is 43.4 Å². The molecular formula is C34H39F2NO7. The minimum absolute atomic E-state index is 0.0164. The van der Waals surface area contributed by atoms with E-state index in [4.69, 9.17) is 18.9 Å². The molecular weight excluding hydrogens is 572 g/mol. The summed E-state index contributed by atoms with van der Waals surface area (Å²) in [6.45, 7) is 3.75. The maximum atomic E-state index is 16.3. The number of hydrogen-bond donors (Lipinski definition) is 2. The molecule has 1 saturated heterocycles. The number of carbonyl (C=O) groups is 2. The number of carboxylic acid groups (broad SMARTS) is 1. The Morgan fingerprint density at radius 2 is 1.32 bits per heavy atom. The summed E-state index contributed by atoms with van der Waals surface area (Å²) in [6.07, 6.45) is -6.42. The van der Waals surface area contributed by atoms with Crippen LogP contribution >= 0.6 is 0 Å². The third-order valence-corrected chi connectivity index (χ3v) is 7.72. The van der Waals surface area contributed by atoms with Crippen molar-refractivity contribution in [2.45, 2.75) is 82.9 Å². The number of aliphatic carboxylic acids is 1. The van der Waals surface area contributed by atoms with Crippen LogP contribution < -0.4 is 5.32 Å². The molecule has 6 atom stereocenters. The van der Waals surface area contributed by atoms with Gasteiger partial charge in [0.1, 0.15) is 24.9 Å². The lowest BCUT2D eigenvalue weighted by Gasteiger charge is -2.47. The molecule has 4 rings (SSSR count). The van der Waals surface area contributed by atoms with Gasteiger partial charge in [-0.25, -0.2) is 18.4 Å². The maximum absolute atomic E-state index is 16.3. The van der Waals surface area contributed by atoms with Gasteiger partial charge in [0.05, 0.1) is 25.4 Å². The van der Waals surface area contributed by atoms with E-state index in [0.717, 1.165) is 11.1 Å². The van der Waals surface area contributed by atoms with Crippen LogP contribution in [0.2, 0.25) is 0 Å². The van der Waals surface area contributed by atoms with Crippen LogP contribution in [0.3, 0.4) is 0 Å². The first-order valence-corrected chi connectivity index (χ1v) is 14.7. The fourth-order valence-corrected chi connectivity index (χ4v) is 5.34. The summed E-state index contributed by atoms with van der Waals surface area (Å²) in [5.74, 6) is -5.67. The van der Waals surface area contributed by atoms with Gasteiger partial charge in [0, 0.05) is 12.3 Å². The molecule has 44 heavy (non-hydrogen) atoms. The first-order chi connectivity index (χ1) is 21.2. The second-order valence-electron chi connectivity index (χ2n) is 10.9. The lowest BCUT2D eigenvalue weighted by atomic mass is 9.83. The molecule has 8 nitrogen and oxygen atoms in total. The van der Waals surface area contributed by atoms with Gasteiger partial charge in [-0.3, -0.25) is 0 Å². The molecule has 3 aromatic rings. The first kappa shape index (κ1) is 33.0. The SMILES string of the molecule is CC[C@H]1O[C@@H](C(F)(F)C[C@H](NC(=O)OCc2ccccc2)C(=O)O)[C@H](OCc2ccccc2)[C@@H](OCc2ccccc2)[C@H]1C. The highest BCUT2D eigenvalue weighted by Crippen LogP contribution is 2.41. The van der Waals surface area contributed by atoms with Crippen molar-refractivity contribution in [1.82, 2.24) is 5.32 Å². The molecule has 1 aliphatic heterocycles. The molecule has 0 aromatic heterocycles. The van der Waals surface area contributed by atoms with Crippen LogP contribution in [0.15, 0.2) is 91.0 Å². The smallest absolute Gasteiger partial charge is 0.408 e. The molecule has 0 radical (unpaired) electrons. The Kier molecular flexibility index (Phi) is 11.8. The van der Waals surface area contributed by atoms with E-state index in [1.54, 1.807) is 30.3 Å². The Morgan fingerprint density at radius 1 is 0.841 bits per heavy atom. The Bertz CT molecular complexity index is 1310. The van der Waals surface area contributed by atoms with E-state index < -0.39 is 54.9 Å². The summed E-state index contributed by atoms with van der Waals surface area (Å²) >= 11 is 0. The Hall–Kier alpha value is -3.86. The molecule has 1 amide bonds. The van der Waals surface area contributed by atoms with Crippen molar-refractivity contribution in [2.75, 3.05) is 0 Å². The van der Waals surface area contributed by atoms with Crippen molar-refractivity contribution in [3.8, 4) is 0 Å². The minimum atomic E-state index is -3.74. The average molecular weight is 612 g/mol.